The van der Waals surface area contributed by atoms with E-state index in [0.717, 1.165) is 4.47 Å². The van der Waals surface area contributed by atoms with Crippen molar-refractivity contribution in [2.45, 2.75) is 10.6 Å². The number of carbonyl (C=O) groups is 1. The molecule has 6 heteroatoms. The van der Waals surface area contributed by atoms with Gasteiger partial charge in [-0.05, 0) is 30.3 Å². The fourth-order valence-corrected chi connectivity index (χ4v) is 3.14. The van der Waals surface area contributed by atoms with Gasteiger partial charge >= 0.3 is 5.97 Å². The molecule has 0 saturated carbocycles. The molecule has 0 aliphatic carbocycles. The number of carboxylic acids is 1. The number of carboxylic acid groups (broad SMARTS) is 1. The molecule has 1 N–H and O–H groups in total. The molecule has 98 valence electrons. The summed E-state index contributed by atoms with van der Waals surface area (Å²) in [7, 11) is -1.25. The predicted octanol–water partition coefficient (Wildman–Crippen LogP) is 2.85. The van der Waals surface area contributed by atoms with Crippen LogP contribution >= 0.6 is 15.9 Å². The summed E-state index contributed by atoms with van der Waals surface area (Å²) < 4.78 is 13.0. The zero-order chi connectivity index (χ0) is 13.8. The van der Waals surface area contributed by atoms with Crippen molar-refractivity contribution < 1.29 is 14.1 Å². The normalized spacial score (nSPS) is 12.1. The van der Waals surface area contributed by atoms with E-state index in [0.29, 0.717) is 10.6 Å². The van der Waals surface area contributed by atoms with Gasteiger partial charge in [-0.3, -0.25) is 4.21 Å². The maximum Gasteiger partial charge on any atom is 0.354 e. The first-order valence-electron chi connectivity index (χ1n) is 5.39. The summed E-state index contributed by atoms with van der Waals surface area (Å²) in [6, 6.07) is 11.9. The van der Waals surface area contributed by atoms with Crippen molar-refractivity contribution in [2.24, 2.45) is 0 Å². The first-order valence-corrected chi connectivity index (χ1v) is 7.50. The molecule has 19 heavy (non-hydrogen) atoms. The number of rotatable bonds is 4. The van der Waals surface area contributed by atoms with E-state index in [-0.39, 0.29) is 11.4 Å². The van der Waals surface area contributed by atoms with Crippen LogP contribution in [0.2, 0.25) is 0 Å². The molecule has 0 aliphatic heterocycles. The molecule has 0 spiro atoms. The summed E-state index contributed by atoms with van der Waals surface area (Å²) in [5.41, 5.74) is 0.460. The number of halogens is 1. The molecule has 2 rings (SSSR count). The van der Waals surface area contributed by atoms with E-state index in [4.69, 9.17) is 5.11 Å². The van der Waals surface area contributed by atoms with Crippen LogP contribution in [0.1, 0.15) is 16.2 Å². The van der Waals surface area contributed by atoms with Crippen LogP contribution in [0.4, 0.5) is 0 Å². The molecule has 0 fully saturated rings. The predicted molar refractivity (Wildman–Crippen MR) is 75.5 cm³/mol. The molecule has 4 nitrogen and oxygen atoms in total. The van der Waals surface area contributed by atoms with Crippen LogP contribution in [0, 0.1) is 0 Å². The van der Waals surface area contributed by atoms with Crippen molar-refractivity contribution in [3.05, 3.63) is 58.3 Å². The van der Waals surface area contributed by atoms with Gasteiger partial charge in [0, 0.05) is 9.37 Å². The third-order valence-electron chi connectivity index (χ3n) is 2.36. The van der Waals surface area contributed by atoms with Crippen LogP contribution in [0.25, 0.3) is 0 Å². The maximum atomic E-state index is 12.2. The van der Waals surface area contributed by atoms with Gasteiger partial charge in [-0.25, -0.2) is 9.78 Å². The van der Waals surface area contributed by atoms with Gasteiger partial charge in [-0.1, -0.05) is 28.1 Å². The second kappa shape index (κ2) is 6.08. The van der Waals surface area contributed by atoms with E-state index in [2.05, 4.69) is 20.9 Å². The Hall–Kier alpha value is -1.53. The highest BCUT2D eigenvalue weighted by Crippen LogP contribution is 2.17. The summed E-state index contributed by atoms with van der Waals surface area (Å²) >= 11 is 3.32. The van der Waals surface area contributed by atoms with Crippen LogP contribution in [0.5, 0.6) is 0 Å². The summed E-state index contributed by atoms with van der Waals surface area (Å²) in [6.45, 7) is 0. The SMILES string of the molecule is O=C(O)c1cccc(CS(=O)c2cccc(Br)c2)n1. The molecular weight excluding hydrogens is 330 g/mol. The van der Waals surface area contributed by atoms with Gasteiger partial charge in [0.15, 0.2) is 0 Å². The van der Waals surface area contributed by atoms with Gasteiger partial charge in [0.2, 0.25) is 0 Å². The topological polar surface area (TPSA) is 67.3 Å². The Morgan fingerprint density at radius 1 is 1.26 bits per heavy atom. The van der Waals surface area contributed by atoms with Crippen molar-refractivity contribution >= 4 is 32.7 Å². The molecule has 0 bridgehead atoms. The van der Waals surface area contributed by atoms with Crippen LogP contribution in [0.15, 0.2) is 51.8 Å². The average molecular weight is 340 g/mol. The van der Waals surface area contributed by atoms with Gasteiger partial charge in [-0.15, -0.1) is 0 Å². The van der Waals surface area contributed by atoms with Crippen molar-refractivity contribution in [3.63, 3.8) is 0 Å². The number of hydrogen-bond acceptors (Lipinski definition) is 3. The molecule has 0 aliphatic rings. The Kier molecular flexibility index (Phi) is 4.44. The molecule has 0 saturated heterocycles. The van der Waals surface area contributed by atoms with E-state index < -0.39 is 16.8 Å². The summed E-state index contributed by atoms with van der Waals surface area (Å²) in [5, 5.41) is 8.85. The second-order valence-corrected chi connectivity index (χ2v) is 6.13. The van der Waals surface area contributed by atoms with Crippen molar-refractivity contribution in [1.82, 2.24) is 4.98 Å². The monoisotopic (exact) mass is 339 g/mol. The minimum absolute atomic E-state index is 0.0382. The molecule has 0 amide bonds. The van der Waals surface area contributed by atoms with Gasteiger partial charge in [-0.2, -0.15) is 0 Å². The first-order chi connectivity index (χ1) is 9.06. The average Bonchev–Trinajstić information content (AvgIpc) is 2.39. The highest BCUT2D eigenvalue weighted by atomic mass is 79.9. The maximum absolute atomic E-state index is 12.2. The van der Waals surface area contributed by atoms with Crippen molar-refractivity contribution in [2.75, 3.05) is 0 Å². The molecule has 2 aromatic rings. The van der Waals surface area contributed by atoms with Crippen molar-refractivity contribution in [1.29, 1.82) is 0 Å². The fourth-order valence-electron chi connectivity index (χ4n) is 1.51. The van der Waals surface area contributed by atoms with Gasteiger partial charge in [0.25, 0.3) is 0 Å². The molecule has 1 atom stereocenters. The van der Waals surface area contributed by atoms with Crippen LogP contribution in [-0.2, 0) is 16.6 Å². The quantitative estimate of drug-likeness (QED) is 0.929. The Morgan fingerprint density at radius 2 is 2.00 bits per heavy atom. The van der Waals surface area contributed by atoms with Crippen LogP contribution in [-0.4, -0.2) is 20.3 Å². The number of aromatic carboxylic acids is 1. The molecule has 1 aromatic carbocycles. The molecule has 0 radical (unpaired) electrons. The number of benzene rings is 1. The number of hydrogen-bond donors (Lipinski definition) is 1. The number of nitrogens with zero attached hydrogens (tertiary/aromatic N) is 1. The summed E-state index contributed by atoms with van der Waals surface area (Å²) in [5.74, 6) is -0.896. The van der Waals surface area contributed by atoms with E-state index in [1.54, 1.807) is 30.3 Å². The lowest BCUT2D eigenvalue weighted by Gasteiger charge is -2.03. The Balaban J connectivity index is 2.19. The zero-order valence-corrected chi connectivity index (χ0v) is 12.1. The standard InChI is InChI=1S/C13H10BrNO3S/c14-9-3-1-5-11(7-9)19(18)8-10-4-2-6-12(15-10)13(16)17/h1-7H,8H2,(H,16,17). The highest BCUT2D eigenvalue weighted by molar-refractivity contribution is 9.10. The molecular formula is C13H10BrNO3S. The minimum Gasteiger partial charge on any atom is -0.477 e. The largest absolute Gasteiger partial charge is 0.477 e. The third-order valence-corrected chi connectivity index (χ3v) is 4.19. The summed E-state index contributed by atoms with van der Waals surface area (Å²) in [4.78, 5) is 15.4. The molecule has 1 heterocycles. The van der Waals surface area contributed by atoms with E-state index in [9.17, 15) is 9.00 Å². The van der Waals surface area contributed by atoms with E-state index in [1.807, 2.05) is 6.07 Å². The Bertz CT molecular complexity index is 645. The van der Waals surface area contributed by atoms with Gasteiger partial charge < -0.3 is 5.11 Å². The molecule has 1 aromatic heterocycles. The minimum atomic E-state index is -1.25. The smallest absolute Gasteiger partial charge is 0.354 e. The zero-order valence-electron chi connectivity index (χ0n) is 9.75. The van der Waals surface area contributed by atoms with Crippen LogP contribution in [0.3, 0.4) is 0 Å². The summed E-state index contributed by atoms with van der Waals surface area (Å²) in [6.07, 6.45) is 0. The van der Waals surface area contributed by atoms with E-state index in [1.165, 1.54) is 6.07 Å². The number of pyridine rings is 1. The lowest BCUT2D eigenvalue weighted by molar-refractivity contribution is 0.0690. The first kappa shape index (κ1) is 13.9. The van der Waals surface area contributed by atoms with Gasteiger partial charge in [0.1, 0.15) is 5.69 Å². The highest BCUT2D eigenvalue weighted by Gasteiger charge is 2.09. The van der Waals surface area contributed by atoms with Gasteiger partial charge in [0.05, 0.1) is 22.2 Å². The second-order valence-electron chi connectivity index (χ2n) is 3.77. The molecule has 1 unspecified atom stereocenters. The van der Waals surface area contributed by atoms with Crippen molar-refractivity contribution in [3.8, 4) is 0 Å². The fraction of sp³-hybridized carbons (Fsp3) is 0.0769. The lowest BCUT2D eigenvalue weighted by atomic mass is 10.3. The van der Waals surface area contributed by atoms with E-state index >= 15 is 0 Å². The lowest BCUT2D eigenvalue weighted by Crippen LogP contribution is -2.04. The Labute approximate surface area is 121 Å². The number of aromatic nitrogens is 1. The van der Waals surface area contributed by atoms with Crippen LogP contribution < -0.4 is 0 Å². The third kappa shape index (κ3) is 3.71. The Morgan fingerprint density at radius 3 is 2.68 bits per heavy atom.